The van der Waals surface area contributed by atoms with E-state index >= 15 is 0 Å². The number of nitrogens with zero attached hydrogens (tertiary/aromatic N) is 7. The van der Waals surface area contributed by atoms with Crippen molar-refractivity contribution in [3.63, 3.8) is 0 Å². The maximum atomic E-state index is 4.86. The van der Waals surface area contributed by atoms with Crippen molar-refractivity contribution in [2.45, 2.75) is 6.92 Å². The van der Waals surface area contributed by atoms with Crippen LogP contribution < -0.4 is 0 Å². The number of aliphatic imine (C=N–C) groups is 2. The minimum absolute atomic E-state index is 0.520. The van der Waals surface area contributed by atoms with Crippen LogP contribution in [0.25, 0.3) is 32.0 Å². The van der Waals surface area contributed by atoms with Crippen molar-refractivity contribution in [3.05, 3.63) is 48.4 Å². The number of pyridine rings is 1. The van der Waals surface area contributed by atoms with Gasteiger partial charge in [-0.3, -0.25) is 4.99 Å². The third-order valence-electron chi connectivity index (χ3n) is 4.29. The molecule has 0 aliphatic carbocycles. The second-order valence-electron chi connectivity index (χ2n) is 5.98. The van der Waals surface area contributed by atoms with Crippen LogP contribution in [0.1, 0.15) is 11.4 Å². The second kappa shape index (κ2) is 6.81. The molecule has 0 saturated heterocycles. The summed E-state index contributed by atoms with van der Waals surface area (Å²) in [5.74, 6) is 0.520. The molecule has 4 aromatic heterocycles. The first kappa shape index (κ1) is 17.2. The molecule has 27 heavy (non-hydrogen) atoms. The molecule has 8 heteroatoms. The van der Waals surface area contributed by atoms with Gasteiger partial charge in [-0.05, 0) is 25.8 Å². The number of amidine groups is 1. The minimum atomic E-state index is 0.520. The number of hydrogen-bond acceptors (Lipinski definition) is 6. The fourth-order valence-corrected chi connectivity index (χ4v) is 3.97. The predicted octanol–water partition coefficient (Wildman–Crippen LogP) is 3.54. The van der Waals surface area contributed by atoms with Gasteiger partial charge in [0.1, 0.15) is 17.0 Å². The Bertz CT molecular complexity index is 1170. The molecule has 0 saturated carbocycles. The molecular weight excluding hydrogens is 358 g/mol. The fourth-order valence-electron chi connectivity index (χ4n) is 2.97. The largest absolute Gasteiger partial charge is 0.350 e. The van der Waals surface area contributed by atoms with E-state index in [4.69, 9.17) is 4.98 Å². The van der Waals surface area contributed by atoms with E-state index in [2.05, 4.69) is 42.3 Å². The topological polar surface area (TPSA) is 81.2 Å². The lowest BCUT2D eigenvalue weighted by molar-refractivity contribution is 0.968. The Labute approximate surface area is 160 Å². The van der Waals surface area contributed by atoms with Crippen LogP contribution in [-0.2, 0) is 7.05 Å². The predicted molar refractivity (Wildman–Crippen MR) is 110 cm³/mol. The SMILES string of the molecule is C=NC(=NC)c1nc(-c2sc(-c3cncnc3)nc2C)cc2c1ccn2C. The van der Waals surface area contributed by atoms with E-state index in [0.29, 0.717) is 5.84 Å². The van der Waals surface area contributed by atoms with E-state index in [9.17, 15) is 0 Å². The van der Waals surface area contributed by atoms with Crippen LogP contribution in [0.4, 0.5) is 0 Å². The molecule has 0 atom stereocenters. The zero-order valence-corrected chi connectivity index (χ0v) is 16.0. The highest BCUT2D eigenvalue weighted by atomic mass is 32.1. The Morgan fingerprint density at radius 3 is 2.70 bits per heavy atom. The lowest BCUT2D eigenvalue weighted by Crippen LogP contribution is -2.03. The fraction of sp³-hybridized carbons (Fsp3) is 0.158. The Hall–Kier alpha value is -3.26. The van der Waals surface area contributed by atoms with Crippen LogP contribution in [0.15, 0.2) is 47.0 Å². The minimum Gasteiger partial charge on any atom is -0.350 e. The molecule has 4 aromatic rings. The van der Waals surface area contributed by atoms with Gasteiger partial charge in [-0.15, -0.1) is 11.3 Å². The Kier molecular flexibility index (Phi) is 4.33. The molecule has 0 radical (unpaired) electrons. The zero-order valence-electron chi connectivity index (χ0n) is 15.2. The van der Waals surface area contributed by atoms with Gasteiger partial charge in [0.25, 0.3) is 0 Å². The van der Waals surface area contributed by atoms with E-state index in [1.807, 2.05) is 26.2 Å². The number of aryl methyl sites for hydroxylation is 2. The summed E-state index contributed by atoms with van der Waals surface area (Å²) in [7, 11) is 3.70. The third kappa shape index (κ3) is 2.93. The lowest BCUT2D eigenvalue weighted by atomic mass is 10.1. The molecule has 0 fully saturated rings. The highest BCUT2D eigenvalue weighted by Gasteiger charge is 2.18. The summed E-state index contributed by atoms with van der Waals surface area (Å²) in [6.07, 6.45) is 7.04. The average Bonchev–Trinajstić information content (AvgIpc) is 3.26. The molecule has 4 rings (SSSR count). The summed E-state index contributed by atoms with van der Waals surface area (Å²) >= 11 is 1.57. The van der Waals surface area contributed by atoms with Gasteiger partial charge < -0.3 is 4.57 Å². The van der Waals surface area contributed by atoms with Gasteiger partial charge in [0.2, 0.25) is 0 Å². The molecule has 0 N–H and O–H groups in total. The van der Waals surface area contributed by atoms with E-state index in [0.717, 1.165) is 43.4 Å². The summed E-state index contributed by atoms with van der Waals surface area (Å²) in [4.78, 5) is 27.0. The monoisotopic (exact) mass is 375 g/mol. The molecule has 0 spiro atoms. The number of fused-ring (bicyclic) bond motifs is 1. The molecule has 0 aliphatic heterocycles. The van der Waals surface area contributed by atoms with Crippen molar-refractivity contribution >= 4 is 34.8 Å². The number of rotatable bonds is 3. The average molecular weight is 375 g/mol. The Morgan fingerprint density at radius 1 is 1.22 bits per heavy atom. The van der Waals surface area contributed by atoms with E-state index in [-0.39, 0.29) is 0 Å². The van der Waals surface area contributed by atoms with Crippen molar-refractivity contribution in [2.75, 3.05) is 7.05 Å². The first-order valence-electron chi connectivity index (χ1n) is 8.25. The summed E-state index contributed by atoms with van der Waals surface area (Å²) < 4.78 is 2.06. The van der Waals surface area contributed by atoms with E-state index < -0.39 is 0 Å². The van der Waals surface area contributed by atoms with Gasteiger partial charge in [-0.1, -0.05) is 0 Å². The molecular formula is C19H17N7S. The number of thiazole rings is 1. The molecule has 0 amide bonds. The molecule has 0 unspecified atom stereocenters. The third-order valence-corrected chi connectivity index (χ3v) is 5.52. The molecule has 134 valence electrons. The van der Waals surface area contributed by atoms with Crippen LogP contribution in [0, 0.1) is 6.92 Å². The molecule has 4 heterocycles. The zero-order chi connectivity index (χ0) is 19.0. The summed E-state index contributed by atoms with van der Waals surface area (Å²) in [6, 6.07) is 4.09. The van der Waals surface area contributed by atoms with Gasteiger partial charge in [-0.25, -0.2) is 24.9 Å². The van der Waals surface area contributed by atoms with Gasteiger partial charge >= 0.3 is 0 Å². The van der Waals surface area contributed by atoms with Gasteiger partial charge in [0.15, 0.2) is 5.84 Å². The van der Waals surface area contributed by atoms with Crippen molar-refractivity contribution < 1.29 is 0 Å². The van der Waals surface area contributed by atoms with Crippen LogP contribution in [-0.4, -0.2) is 44.1 Å². The normalized spacial score (nSPS) is 11.9. The van der Waals surface area contributed by atoms with Crippen molar-refractivity contribution in [1.29, 1.82) is 0 Å². The van der Waals surface area contributed by atoms with Gasteiger partial charge in [0, 0.05) is 43.6 Å². The second-order valence-corrected chi connectivity index (χ2v) is 6.98. The van der Waals surface area contributed by atoms with Gasteiger partial charge in [-0.2, -0.15) is 0 Å². The smallest absolute Gasteiger partial charge is 0.173 e. The number of hydrogen-bond donors (Lipinski definition) is 0. The molecule has 0 aliphatic rings. The van der Waals surface area contributed by atoms with Crippen molar-refractivity contribution in [1.82, 2.24) is 24.5 Å². The molecule has 7 nitrogen and oxygen atoms in total. The van der Waals surface area contributed by atoms with Crippen LogP contribution >= 0.6 is 11.3 Å². The summed E-state index contributed by atoms with van der Waals surface area (Å²) in [5.41, 5.74) is 4.41. The van der Waals surface area contributed by atoms with E-state index in [1.54, 1.807) is 30.8 Å². The lowest BCUT2D eigenvalue weighted by Gasteiger charge is -2.07. The summed E-state index contributed by atoms with van der Waals surface area (Å²) in [6.45, 7) is 5.62. The first-order chi connectivity index (χ1) is 13.1. The molecule has 0 bridgehead atoms. The van der Waals surface area contributed by atoms with Crippen LogP contribution in [0.5, 0.6) is 0 Å². The highest BCUT2D eigenvalue weighted by Crippen LogP contribution is 2.35. The maximum Gasteiger partial charge on any atom is 0.173 e. The van der Waals surface area contributed by atoms with Crippen LogP contribution in [0.3, 0.4) is 0 Å². The Balaban J connectivity index is 1.94. The molecule has 0 aromatic carbocycles. The van der Waals surface area contributed by atoms with Crippen molar-refractivity contribution in [2.24, 2.45) is 17.0 Å². The first-order valence-corrected chi connectivity index (χ1v) is 9.07. The standard InChI is InChI=1S/C19H17N7S/c1-11-17(27-19(24-11)12-8-22-10-23-9-12)14-7-15-13(5-6-26(15)4)16(25-14)18(20-2)21-3/h5-10H,2H2,1,3-4H3. The Morgan fingerprint density at radius 2 is 2.00 bits per heavy atom. The quantitative estimate of drug-likeness (QED) is 0.405. The number of aromatic nitrogens is 5. The van der Waals surface area contributed by atoms with Crippen LogP contribution in [0.2, 0.25) is 0 Å². The maximum absolute atomic E-state index is 4.86. The van der Waals surface area contributed by atoms with E-state index in [1.165, 1.54) is 6.33 Å². The van der Waals surface area contributed by atoms with Crippen molar-refractivity contribution in [3.8, 4) is 21.1 Å². The highest BCUT2D eigenvalue weighted by molar-refractivity contribution is 7.18. The van der Waals surface area contributed by atoms with Gasteiger partial charge in [0.05, 0.1) is 21.8 Å². The summed E-state index contributed by atoms with van der Waals surface area (Å²) in [5, 5.41) is 1.86.